The third-order valence-corrected chi connectivity index (χ3v) is 3.67. The number of anilines is 1. The van der Waals surface area contributed by atoms with Crippen LogP contribution >= 0.6 is 0 Å². The van der Waals surface area contributed by atoms with E-state index < -0.39 is 6.04 Å². The predicted molar refractivity (Wildman–Crippen MR) is 87.5 cm³/mol. The summed E-state index contributed by atoms with van der Waals surface area (Å²) < 4.78 is 10.4. The largest absolute Gasteiger partial charge is 0.494 e. The molecule has 0 bridgehead atoms. The molecule has 0 spiro atoms. The van der Waals surface area contributed by atoms with Crippen LogP contribution in [0.25, 0.3) is 0 Å². The molecule has 2 rings (SSSR count). The molecule has 1 saturated heterocycles. The van der Waals surface area contributed by atoms with Crippen LogP contribution in [0.4, 0.5) is 5.69 Å². The number of hydrogen-bond donors (Lipinski definition) is 1. The van der Waals surface area contributed by atoms with Crippen LogP contribution in [0.1, 0.15) is 26.7 Å². The van der Waals surface area contributed by atoms with Crippen molar-refractivity contribution < 1.29 is 19.1 Å². The van der Waals surface area contributed by atoms with Gasteiger partial charge in [-0.25, -0.2) is 0 Å². The molecule has 1 N–H and O–H groups in total. The van der Waals surface area contributed by atoms with E-state index in [1.165, 1.54) is 0 Å². The van der Waals surface area contributed by atoms with Gasteiger partial charge in [0.25, 0.3) is 0 Å². The van der Waals surface area contributed by atoms with Gasteiger partial charge >= 0.3 is 5.97 Å². The van der Waals surface area contributed by atoms with Gasteiger partial charge in [-0.05, 0) is 44.2 Å². The number of carbonyl (C=O) groups is 2. The number of ether oxygens (including phenoxy) is 2. The number of nitrogens with zero attached hydrogens (tertiary/aromatic N) is 1. The van der Waals surface area contributed by atoms with Gasteiger partial charge in [0.05, 0.1) is 13.0 Å². The molecule has 1 fully saturated rings. The van der Waals surface area contributed by atoms with Crippen LogP contribution < -0.4 is 10.1 Å². The Kier molecular flexibility index (Phi) is 6.40. The number of esters is 1. The molecule has 1 aromatic rings. The minimum atomic E-state index is -0.494. The fourth-order valence-corrected chi connectivity index (χ4v) is 2.62. The van der Waals surface area contributed by atoms with Crippen molar-refractivity contribution in [1.29, 1.82) is 0 Å². The second-order valence-corrected chi connectivity index (χ2v) is 5.43. The molecule has 0 aliphatic carbocycles. The van der Waals surface area contributed by atoms with Crippen molar-refractivity contribution in [3.05, 3.63) is 24.3 Å². The lowest BCUT2D eigenvalue weighted by Gasteiger charge is -2.33. The van der Waals surface area contributed by atoms with Gasteiger partial charge in [0, 0.05) is 12.2 Å². The lowest BCUT2D eigenvalue weighted by atomic mass is 10.1. The highest BCUT2D eigenvalue weighted by molar-refractivity contribution is 5.94. The molecule has 1 heterocycles. The van der Waals surface area contributed by atoms with Gasteiger partial charge in [-0.15, -0.1) is 0 Å². The van der Waals surface area contributed by atoms with E-state index in [0.29, 0.717) is 25.4 Å². The average molecular weight is 320 g/mol. The van der Waals surface area contributed by atoms with Crippen LogP contribution in [0.15, 0.2) is 24.3 Å². The van der Waals surface area contributed by atoms with Crippen LogP contribution in [0.2, 0.25) is 0 Å². The molecule has 1 aromatic carbocycles. The number of carbonyl (C=O) groups excluding carboxylic acids is 2. The summed E-state index contributed by atoms with van der Waals surface area (Å²) >= 11 is 0. The van der Waals surface area contributed by atoms with E-state index in [2.05, 4.69) is 12.2 Å². The minimum Gasteiger partial charge on any atom is -0.494 e. The fraction of sp³-hybridized carbons (Fsp3) is 0.529. The molecular weight excluding hydrogens is 296 g/mol. The van der Waals surface area contributed by atoms with Crippen molar-refractivity contribution >= 4 is 17.6 Å². The van der Waals surface area contributed by atoms with Crippen molar-refractivity contribution in [2.75, 3.05) is 31.6 Å². The summed E-state index contributed by atoms with van der Waals surface area (Å²) in [6.07, 6.45) is 1.04. The van der Waals surface area contributed by atoms with Crippen molar-refractivity contribution in [1.82, 2.24) is 4.90 Å². The second-order valence-electron chi connectivity index (χ2n) is 5.43. The number of rotatable bonds is 7. The summed E-state index contributed by atoms with van der Waals surface area (Å²) in [5, 5.41) is 2.81. The molecule has 0 radical (unpaired) electrons. The number of cyclic esters (lactones) is 1. The average Bonchev–Trinajstić information content (AvgIpc) is 2.53. The lowest BCUT2D eigenvalue weighted by Crippen LogP contribution is -2.50. The van der Waals surface area contributed by atoms with Gasteiger partial charge in [-0.1, -0.05) is 6.92 Å². The number of hydrogen-bond acceptors (Lipinski definition) is 5. The molecule has 1 atom stereocenters. The summed E-state index contributed by atoms with van der Waals surface area (Å²) in [6, 6.07) is 6.68. The van der Waals surface area contributed by atoms with Gasteiger partial charge in [0.2, 0.25) is 5.91 Å². The Labute approximate surface area is 136 Å². The van der Waals surface area contributed by atoms with Crippen LogP contribution in [0.5, 0.6) is 5.75 Å². The molecule has 0 saturated carbocycles. The van der Waals surface area contributed by atoms with Crippen LogP contribution in [0, 0.1) is 0 Å². The van der Waals surface area contributed by atoms with E-state index in [-0.39, 0.29) is 18.3 Å². The molecule has 6 heteroatoms. The quantitative estimate of drug-likeness (QED) is 0.779. The standard InChI is InChI=1S/C17H24N2O4/c1-3-9-19-10-11-23-17(21)15(19)12-16(20)18-13-5-7-14(8-6-13)22-4-2/h5-8,15H,3-4,9-12H2,1-2H3,(H,18,20)/t15-/m1/s1. The summed E-state index contributed by atoms with van der Waals surface area (Å²) in [6.45, 7) is 6.44. The topological polar surface area (TPSA) is 67.9 Å². The van der Waals surface area contributed by atoms with Gasteiger partial charge < -0.3 is 14.8 Å². The van der Waals surface area contributed by atoms with Gasteiger partial charge in [0.15, 0.2) is 0 Å². The Hall–Kier alpha value is -2.08. The summed E-state index contributed by atoms with van der Waals surface area (Å²) in [5.41, 5.74) is 0.685. The third-order valence-electron chi connectivity index (χ3n) is 3.67. The molecule has 126 valence electrons. The van der Waals surface area contributed by atoms with E-state index in [0.717, 1.165) is 18.7 Å². The minimum absolute atomic E-state index is 0.103. The maximum absolute atomic E-state index is 12.2. The predicted octanol–water partition coefficient (Wildman–Crippen LogP) is 2.05. The molecule has 23 heavy (non-hydrogen) atoms. The second kappa shape index (κ2) is 8.53. The Morgan fingerprint density at radius 1 is 1.35 bits per heavy atom. The molecule has 0 unspecified atom stereocenters. The summed E-state index contributed by atoms with van der Waals surface area (Å²) in [5.74, 6) is 0.251. The zero-order valence-electron chi connectivity index (χ0n) is 13.7. The highest BCUT2D eigenvalue weighted by Gasteiger charge is 2.32. The van der Waals surface area contributed by atoms with Crippen LogP contribution in [-0.4, -0.2) is 49.1 Å². The fourth-order valence-electron chi connectivity index (χ4n) is 2.62. The zero-order valence-corrected chi connectivity index (χ0v) is 13.7. The highest BCUT2D eigenvalue weighted by Crippen LogP contribution is 2.17. The van der Waals surface area contributed by atoms with Crippen molar-refractivity contribution in [2.24, 2.45) is 0 Å². The number of morpholine rings is 1. The first-order valence-electron chi connectivity index (χ1n) is 8.07. The van der Waals surface area contributed by atoms with Gasteiger partial charge in [0.1, 0.15) is 18.4 Å². The summed E-state index contributed by atoms with van der Waals surface area (Å²) in [7, 11) is 0. The lowest BCUT2D eigenvalue weighted by molar-refractivity contribution is -0.158. The van der Waals surface area contributed by atoms with Gasteiger partial charge in [-0.3, -0.25) is 14.5 Å². The molecule has 0 aromatic heterocycles. The van der Waals surface area contributed by atoms with E-state index in [1.807, 2.05) is 11.8 Å². The molecule has 1 aliphatic rings. The van der Waals surface area contributed by atoms with Crippen LogP contribution in [-0.2, 0) is 14.3 Å². The normalized spacial score (nSPS) is 18.3. The van der Waals surface area contributed by atoms with Crippen molar-refractivity contribution in [3.8, 4) is 5.75 Å². The maximum Gasteiger partial charge on any atom is 0.323 e. The third kappa shape index (κ3) is 4.96. The number of benzene rings is 1. The van der Waals surface area contributed by atoms with Crippen molar-refractivity contribution in [2.45, 2.75) is 32.7 Å². The van der Waals surface area contributed by atoms with Crippen LogP contribution in [0.3, 0.4) is 0 Å². The first-order valence-corrected chi connectivity index (χ1v) is 8.07. The Bertz CT molecular complexity index is 528. The number of nitrogens with one attached hydrogen (secondary N) is 1. The van der Waals surface area contributed by atoms with E-state index in [4.69, 9.17) is 9.47 Å². The Morgan fingerprint density at radius 2 is 2.09 bits per heavy atom. The Balaban J connectivity index is 1.93. The molecular formula is C17H24N2O4. The smallest absolute Gasteiger partial charge is 0.323 e. The highest BCUT2D eigenvalue weighted by atomic mass is 16.5. The first kappa shape index (κ1) is 17.3. The van der Waals surface area contributed by atoms with E-state index in [9.17, 15) is 9.59 Å². The van der Waals surface area contributed by atoms with Crippen molar-refractivity contribution in [3.63, 3.8) is 0 Å². The van der Waals surface area contributed by atoms with E-state index in [1.54, 1.807) is 24.3 Å². The Morgan fingerprint density at radius 3 is 2.74 bits per heavy atom. The molecule has 1 aliphatic heterocycles. The van der Waals surface area contributed by atoms with Gasteiger partial charge in [-0.2, -0.15) is 0 Å². The molecule has 1 amide bonds. The number of amides is 1. The molecule has 6 nitrogen and oxygen atoms in total. The SMILES string of the molecule is CCCN1CCOC(=O)[C@H]1CC(=O)Nc1ccc(OCC)cc1. The zero-order chi connectivity index (χ0) is 16.7. The first-order chi connectivity index (χ1) is 11.1. The van der Waals surface area contributed by atoms with E-state index >= 15 is 0 Å². The monoisotopic (exact) mass is 320 g/mol. The maximum atomic E-state index is 12.2. The summed E-state index contributed by atoms with van der Waals surface area (Å²) in [4.78, 5) is 26.2.